The lowest BCUT2D eigenvalue weighted by Crippen LogP contribution is -2.14. The topological polar surface area (TPSA) is 64.0 Å². The van der Waals surface area contributed by atoms with Gasteiger partial charge in [0.25, 0.3) is 5.91 Å². The van der Waals surface area contributed by atoms with Gasteiger partial charge in [0.2, 0.25) is 0 Å². The van der Waals surface area contributed by atoms with Crippen LogP contribution in [-0.4, -0.2) is 21.5 Å². The summed E-state index contributed by atoms with van der Waals surface area (Å²) in [4.78, 5) is 23.9. The molecule has 25 heavy (non-hydrogen) atoms. The number of nitrogens with zero attached hydrogens (tertiary/aromatic N) is 2. The van der Waals surface area contributed by atoms with Crippen molar-refractivity contribution in [3.63, 3.8) is 0 Å². The number of hydrogen-bond acceptors (Lipinski definition) is 3. The Labute approximate surface area is 154 Å². The molecule has 0 aliphatic heterocycles. The second-order valence-corrected chi connectivity index (χ2v) is 6.56. The summed E-state index contributed by atoms with van der Waals surface area (Å²) in [6, 6.07) is 10.6. The Hall–Kier alpha value is -2.37. The van der Waals surface area contributed by atoms with Gasteiger partial charge in [-0.15, -0.1) is 0 Å². The van der Waals surface area contributed by atoms with Gasteiger partial charge >= 0.3 is 0 Å². The smallest absolute Gasteiger partial charge is 0.276 e. The molecule has 7 heteroatoms. The molecule has 1 heterocycles. The molecule has 0 aliphatic rings. The SMILES string of the molecule is CC(=O)Cc1cc(Cl)c(NC(=O)c2nn(C)c3ccccc23)cc1Cl. The molecule has 0 aliphatic carbocycles. The summed E-state index contributed by atoms with van der Waals surface area (Å²) in [6.45, 7) is 1.48. The van der Waals surface area contributed by atoms with Gasteiger partial charge in [-0.25, -0.2) is 0 Å². The third kappa shape index (κ3) is 3.52. The van der Waals surface area contributed by atoms with Gasteiger partial charge < -0.3 is 5.32 Å². The first-order chi connectivity index (χ1) is 11.9. The highest BCUT2D eigenvalue weighted by Crippen LogP contribution is 2.30. The molecule has 2 aromatic carbocycles. The van der Waals surface area contributed by atoms with Gasteiger partial charge in [0.05, 0.1) is 16.2 Å². The Morgan fingerprint density at radius 2 is 1.88 bits per heavy atom. The minimum Gasteiger partial charge on any atom is -0.319 e. The van der Waals surface area contributed by atoms with Crippen molar-refractivity contribution in [2.45, 2.75) is 13.3 Å². The molecular formula is C18H15Cl2N3O2. The number of hydrogen-bond donors (Lipinski definition) is 1. The summed E-state index contributed by atoms with van der Waals surface area (Å²) in [5, 5.41) is 8.45. The van der Waals surface area contributed by atoms with E-state index in [1.807, 2.05) is 24.3 Å². The predicted octanol–water partition coefficient (Wildman–Crippen LogP) is 4.26. The van der Waals surface area contributed by atoms with Crippen LogP contribution in [0.2, 0.25) is 10.0 Å². The fourth-order valence-electron chi connectivity index (χ4n) is 2.65. The van der Waals surface area contributed by atoms with Crippen molar-refractivity contribution in [3.05, 3.63) is 57.7 Å². The second-order valence-electron chi connectivity index (χ2n) is 5.75. The van der Waals surface area contributed by atoms with E-state index in [1.165, 1.54) is 6.92 Å². The lowest BCUT2D eigenvalue weighted by Gasteiger charge is -2.10. The molecular weight excluding hydrogens is 361 g/mol. The lowest BCUT2D eigenvalue weighted by atomic mass is 10.1. The molecule has 1 aromatic heterocycles. The van der Waals surface area contributed by atoms with E-state index in [0.717, 1.165) is 10.9 Å². The number of amides is 1. The first kappa shape index (κ1) is 17.5. The Bertz CT molecular complexity index is 995. The molecule has 0 spiro atoms. The van der Waals surface area contributed by atoms with Crippen molar-refractivity contribution in [1.29, 1.82) is 0 Å². The average Bonchev–Trinajstić information content (AvgIpc) is 2.89. The van der Waals surface area contributed by atoms with Gasteiger partial charge in [-0.2, -0.15) is 5.10 Å². The van der Waals surface area contributed by atoms with E-state index in [-0.39, 0.29) is 18.1 Å². The highest BCUT2D eigenvalue weighted by molar-refractivity contribution is 6.36. The number of carbonyl (C=O) groups is 2. The fraction of sp³-hybridized carbons (Fsp3) is 0.167. The number of ketones is 1. The van der Waals surface area contributed by atoms with Crippen LogP contribution in [0.4, 0.5) is 5.69 Å². The average molecular weight is 376 g/mol. The summed E-state index contributed by atoms with van der Waals surface area (Å²) >= 11 is 12.4. The number of aryl methyl sites for hydroxylation is 1. The van der Waals surface area contributed by atoms with Gasteiger partial charge in [0, 0.05) is 23.9 Å². The standard InChI is InChI=1S/C18H15Cl2N3O2/c1-10(24)7-11-8-14(20)15(9-13(11)19)21-18(25)17-12-5-3-4-6-16(12)23(2)22-17/h3-6,8-9H,7H2,1-2H3,(H,21,25). The maximum absolute atomic E-state index is 12.6. The molecule has 0 unspecified atom stereocenters. The summed E-state index contributed by atoms with van der Waals surface area (Å²) in [5.41, 5.74) is 2.16. The molecule has 0 saturated carbocycles. The van der Waals surface area contributed by atoms with E-state index >= 15 is 0 Å². The molecule has 0 bridgehead atoms. The molecule has 0 saturated heterocycles. The number of aromatic nitrogens is 2. The Morgan fingerprint density at radius 3 is 2.60 bits per heavy atom. The molecule has 0 atom stereocenters. The van der Waals surface area contributed by atoms with Crippen LogP contribution in [0.3, 0.4) is 0 Å². The predicted molar refractivity (Wildman–Crippen MR) is 99.5 cm³/mol. The molecule has 0 fully saturated rings. The first-order valence-corrected chi connectivity index (χ1v) is 8.33. The molecule has 3 aromatic rings. The number of fused-ring (bicyclic) bond motifs is 1. The number of carbonyl (C=O) groups excluding carboxylic acids is 2. The maximum atomic E-state index is 12.6. The minimum absolute atomic E-state index is 0.0188. The van der Waals surface area contributed by atoms with E-state index in [9.17, 15) is 9.59 Å². The number of benzene rings is 2. The van der Waals surface area contributed by atoms with Crippen LogP contribution in [0.5, 0.6) is 0 Å². The third-order valence-electron chi connectivity index (χ3n) is 3.80. The first-order valence-electron chi connectivity index (χ1n) is 7.57. The number of rotatable bonds is 4. The molecule has 128 valence electrons. The largest absolute Gasteiger partial charge is 0.319 e. The zero-order valence-corrected chi connectivity index (χ0v) is 15.1. The van der Waals surface area contributed by atoms with Gasteiger partial charge in [-0.3, -0.25) is 14.3 Å². The van der Waals surface area contributed by atoms with Gasteiger partial charge in [0.1, 0.15) is 5.78 Å². The van der Waals surface area contributed by atoms with Crippen molar-refractivity contribution in [2.75, 3.05) is 5.32 Å². The fourth-order valence-corrected chi connectivity index (χ4v) is 3.11. The van der Waals surface area contributed by atoms with Crippen molar-refractivity contribution in [3.8, 4) is 0 Å². The summed E-state index contributed by atoms with van der Waals surface area (Å²) in [7, 11) is 1.78. The number of nitrogens with one attached hydrogen (secondary N) is 1. The van der Waals surface area contributed by atoms with Crippen LogP contribution >= 0.6 is 23.2 Å². The van der Waals surface area contributed by atoms with Gasteiger partial charge in [-0.05, 0) is 30.7 Å². The normalized spacial score (nSPS) is 10.9. The Morgan fingerprint density at radius 1 is 1.16 bits per heavy atom. The zero-order chi connectivity index (χ0) is 18.1. The van der Waals surface area contributed by atoms with Crippen LogP contribution in [0.15, 0.2) is 36.4 Å². The molecule has 3 rings (SSSR count). The maximum Gasteiger partial charge on any atom is 0.276 e. The van der Waals surface area contributed by atoms with Crippen molar-refractivity contribution < 1.29 is 9.59 Å². The van der Waals surface area contributed by atoms with E-state index in [4.69, 9.17) is 23.2 Å². The van der Waals surface area contributed by atoms with Gasteiger partial charge in [0.15, 0.2) is 5.69 Å². The summed E-state index contributed by atoms with van der Waals surface area (Å²) in [6.07, 6.45) is 0.192. The second kappa shape index (κ2) is 6.86. The highest BCUT2D eigenvalue weighted by atomic mass is 35.5. The highest BCUT2D eigenvalue weighted by Gasteiger charge is 2.18. The van der Waals surface area contributed by atoms with E-state index in [2.05, 4.69) is 10.4 Å². The Balaban J connectivity index is 1.93. The van der Waals surface area contributed by atoms with Crippen molar-refractivity contribution in [2.24, 2.45) is 7.05 Å². The van der Waals surface area contributed by atoms with E-state index in [1.54, 1.807) is 23.9 Å². The lowest BCUT2D eigenvalue weighted by molar-refractivity contribution is -0.116. The van der Waals surface area contributed by atoms with Crippen LogP contribution < -0.4 is 5.32 Å². The van der Waals surface area contributed by atoms with Crippen molar-refractivity contribution >= 4 is 51.5 Å². The Kier molecular flexibility index (Phi) is 4.79. The van der Waals surface area contributed by atoms with Crippen LogP contribution in [-0.2, 0) is 18.3 Å². The third-order valence-corrected chi connectivity index (χ3v) is 4.46. The molecule has 0 radical (unpaired) electrons. The van der Waals surface area contributed by atoms with E-state index in [0.29, 0.717) is 27.0 Å². The molecule has 5 nitrogen and oxygen atoms in total. The number of halogens is 2. The monoisotopic (exact) mass is 375 g/mol. The van der Waals surface area contributed by atoms with Crippen LogP contribution in [0.25, 0.3) is 10.9 Å². The number of Topliss-reactive ketones (excluding diaryl/α,β-unsaturated/α-hetero) is 1. The summed E-state index contributed by atoms with van der Waals surface area (Å²) < 4.78 is 1.65. The quantitative estimate of drug-likeness (QED) is 0.740. The van der Waals surface area contributed by atoms with Crippen LogP contribution in [0.1, 0.15) is 23.0 Å². The van der Waals surface area contributed by atoms with E-state index < -0.39 is 0 Å². The van der Waals surface area contributed by atoms with Crippen molar-refractivity contribution in [1.82, 2.24) is 9.78 Å². The minimum atomic E-state index is -0.380. The molecule has 1 N–H and O–H groups in total. The van der Waals surface area contributed by atoms with Gasteiger partial charge in [-0.1, -0.05) is 41.4 Å². The zero-order valence-electron chi connectivity index (χ0n) is 13.6. The summed E-state index contributed by atoms with van der Waals surface area (Å²) in [5.74, 6) is -0.399. The van der Waals surface area contributed by atoms with Crippen LogP contribution in [0, 0.1) is 0 Å². The number of para-hydroxylation sites is 1. The number of anilines is 1. The molecule has 1 amide bonds.